The maximum Gasteiger partial charge on any atom is 0.336 e. The normalized spacial score (nSPS) is 15.1. The fourth-order valence-corrected chi connectivity index (χ4v) is 4.63. The number of ether oxygens (including phenoxy) is 3. The summed E-state index contributed by atoms with van der Waals surface area (Å²) in [4.78, 5) is 25.6. The second kappa shape index (κ2) is 13.0. The standard InChI is InChI=1S/C26H26ClN3O5S/c1-16-23(26(32)35-12-11-33-2)24(17-7-9-18(27)10-8-17)21(14-28)25(29-16)36-15-22(31)30-19-5-4-6-20(13-19)34-3/h4-10,13,24,29H,11-12,15H2,1-3H3,(H,30,31)/t24-/m1/s1. The molecule has 2 N–H and O–H groups in total. The Morgan fingerprint density at radius 1 is 1.17 bits per heavy atom. The number of thioether (sulfide) groups is 1. The number of carbonyl (C=O) groups excluding carboxylic acids is 2. The molecule has 2 aromatic carbocycles. The molecule has 1 aliphatic heterocycles. The average molecular weight is 528 g/mol. The van der Waals surface area contributed by atoms with Gasteiger partial charge in [-0.3, -0.25) is 4.79 Å². The van der Waals surface area contributed by atoms with E-state index in [-0.39, 0.29) is 24.9 Å². The van der Waals surface area contributed by atoms with Crippen molar-refractivity contribution < 1.29 is 23.8 Å². The first kappa shape index (κ1) is 27.1. The van der Waals surface area contributed by atoms with Gasteiger partial charge in [-0.1, -0.05) is 41.6 Å². The van der Waals surface area contributed by atoms with E-state index in [0.717, 1.165) is 0 Å². The van der Waals surface area contributed by atoms with Crippen molar-refractivity contribution in [2.24, 2.45) is 0 Å². The predicted molar refractivity (Wildman–Crippen MR) is 140 cm³/mol. The fourth-order valence-electron chi connectivity index (χ4n) is 3.62. The van der Waals surface area contributed by atoms with Crippen LogP contribution in [0.3, 0.4) is 0 Å². The topological polar surface area (TPSA) is 110 Å². The molecule has 0 aromatic heterocycles. The zero-order valence-corrected chi connectivity index (χ0v) is 21.7. The predicted octanol–water partition coefficient (Wildman–Crippen LogP) is 4.61. The zero-order valence-electron chi connectivity index (χ0n) is 20.1. The Morgan fingerprint density at radius 3 is 2.58 bits per heavy atom. The number of anilines is 1. The molecular weight excluding hydrogens is 502 g/mol. The van der Waals surface area contributed by atoms with Crippen molar-refractivity contribution in [3.05, 3.63) is 81.0 Å². The van der Waals surface area contributed by atoms with Gasteiger partial charge in [-0.15, -0.1) is 0 Å². The van der Waals surface area contributed by atoms with Crippen molar-refractivity contribution in [2.45, 2.75) is 12.8 Å². The molecule has 1 amide bonds. The Kier molecular flexibility index (Phi) is 9.82. The van der Waals surface area contributed by atoms with Crippen LogP contribution in [0.25, 0.3) is 0 Å². The van der Waals surface area contributed by atoms with E-state index in [1.165, 1.54) is 18.9 Å². The van der Waals surface area contributed by atoms with Crippen molar-refractivity contribution in [1.82, 2.24) is 5.32 Å². The number of nitrogens with one attached hydrogen (secondary N) is 2. The van der Waals surface area contributed by atoms with E-state index in [2.05, 4.69) is 16.7 Å². The van der Waals surface area contributed by atoms with Crippen LogP contribution in [0.15, 0.2) is 70.4 Å². The first-order chi connectivity index (χ1) is 17.4. The molecule has 0 aliphatic carbocycles. The van der Waals surface area contributed by atoms with E-state index in [1.54, 1.807) is 62.6 Å². The van der Waals surface area contributed by atoms with Crippen LogP contribution in [-0.2, 0) is 19.1 Å². The smallest absolute Gasteiger partial charge is 0.336 e. The van der Waals surface area contributed by atoms with Gasteiger partial charge in [0.05, 0.1) is 47.6 Å². The highest BCUT2D eigenvalue weighted by atomic mass is 35.5. The van der Waals surface area contributed by atoms with Crippen molar-refractivity contribution in [2.75, 3.05) is 38.5 Å². The van der Waals surface area contributed by atoms with Gasteiger partial charge in [0.15, 0.2) is 0 Å². The number of allylic oxidation sites excluding steroid dienone is 2. The number of dihydropyridines is 1. The molecule has 3 rings (SSSR count). The molecule has 36 heavy (non-hydrogen) atoms. The van der Waals surface area contributed by atoms with Crippen LogP contribution in [0.5, 0.6) is 5.75 Å². The number of methoxy groups -OCH3 is 2. The van der Waals surface area contributed by atoms with E-state index in [1.807, 2.05) is 0 Å². The summed E-state index contributed by atoms with van der Waals surface area (Å²) >= 11 is 7.25. The number of halogens is 1. The molecule has 1 atom stereocenters. The van der Waals surface area contributed by atoms with E-state index < -0.39 is 11.9 Å². The molecule has 0 fully saturated rings. The highest BCUT2D eigenvalue weighted by Crippen LogP contribution is 2.41. The average Bonchev–Trinajstić information content (AvgIpc) is 2.87. The minimum Gasteiger partial charge on any atom is -0.497 e. The van der Waals surface area contributed by atoms with Crippen LogP contribution in [-0.4, -0.2) is 45.1 Å². The number of esters is 1. The molecule has 0 saturated carbocycles. The lowest BCUT2D eigenvalue weighted by atomic mass is 9.82. The molecule has 0 bridgehead atoms. The lowest BCUT2D eigenvalue weighted by Gasteiger charge is -2.29. The molecule has 0 unspecified atom stereocenters. The quantitative estimate of drug-likeness (QED) is 0.340. The van der Waals surface area contributed by atoms with Crippen LogP contribution in [0.2, 0.25) is 5.02 Å². The van der Waals surface area contributed by atoms with Crippen molar-refractivity contribution in [3.8, 4) is 11.8 Å². The van der Waals surface area contributed by atoms with Gasteiger partial charge in [0, 0.05) is 29.6 Å². The largest absolute Gasteiger partial charge is 0.497 e. The minimum absolute atomic E-state index is 0.0406. The number of amides is 1. The molecule has 8 nitrogen and oxygen atoms in total. The first-order valence-corrected chi connectivity index (χ1v) is 12.3. The molecule has 0 radical (unpaired) electrons. The Balaban J connectivity index is 1.86. The highest BCUT2D eigenvalue weighted by Gasteiger charge is 2.35. The van der Waals surface area contributed by atoms with Crippen LogP contribution in [0.4, 0.5) is 5.69 Å². The maximum atomic E-state index is 13.0. The third-order valence-electron chi connectivity index (χ3n) is 5.29. The lowest BCUT2D eigenvalue weighted by molar-refractivity contribution is -0.140. The number of hydrogen-bond donors (Lipinski definition) is 2. The van der Waals surface area contributed by atoms with Crippen molar-refractivity contribution in [3.63, 3.8) is 0 Å². The minimum atomic E-state index is -0.687. The third kappa shape index (κ3) is 6.82. The molecule has 188 valence electrons. The second-order valence-electron chi connectivity index (χ2n) is 7.70. The number of rotatable bonds is 10. The van der Waals surface area contributed by atoms with Crippen molar-refractivity contribution >= 4 is 40.9 Å². The Labute approximate surface area is 219 Å². The fraction of sp³-hybridized carbons (Fsp3) is 0.269. The number of nitriles is 1. The summed E-state index contributed by atoms with van der Waals surface area (Å²) in [5, 5.41) is 17.1. The molecule has 1 heterocycles. The third-order valence-corrected chi connectivity index (χ3v) is 6.56. The van der Waals surface area contributed by atoms with Crippen molar-refractivity contribution in [1.29, 1.82) is 5.26 Å². The summed E-state index contributed by atoms with van der Waals surface area (Å²) in [6.07, 6.45) is 0. The molecule has 0 saturated heterocycles. The summed E-state index contributed by atoms with van der Waals surface area (Å²) in [5.41, 5.74) is 2.46. The summed E-state index contributed by atoms with van der Waals surface area (Å²) in [6.45, 7) is 2.07. The Hall–Kier alpha value is -3.45. The van der Waals surface area contributed by atoms with Crippen LogP contribution >= 0.6 is 23.4 Å². The number of carbonyl (C=O) groups is 2. The monoisotopic (exact) mass is 527 g/mol. The van der Waals surface area contributed by atoms with E-state index in [4.69, 9.17) is 25.8 Å². The van der Waals surface area contributed by atoms with Gasteiger partial charge in [0.2, 0.25) is 5.91 Å². The van der Waals surface area contributed by atoms with Gasteiger partial charge in [0.1, 0.15) is 12.4 Å². The Morgan fingerprint density at radius 2 is 1.92 bits per heavy atom. The molecule has 0 spiro atoms. The zero-order chi connectivity index (χ0) is 26.1. The van der Waals surface area contributed by atoms with Crippen LogP contribution < -0.4 is 15.4 Å². The van der Waals surface area contributed by atoms with Crippen LogP contribution in [0.1, 0.15) is 18.4 Å². The van der Waals surface area contributed by atoms with Gasteiger partial charge >= 0.3 is 5.97 Å². The maximum absolute atomic E-state index is 13.0. The number of nitrogens with zero attached hydrogens (tertiary/aromatic N) is 1. The summed E-state index contributed by atoms with van der Waals surface area (Å²) in [5.74, 6) is -0.828. The number of benzene rings is 2. The second-order valence-corrected chi connectivity index (χ2v) is 9.12. The summed E-state index contributed by atoms with van der Waals surface area (Å²) < 4.78 is 15.5. The van der Waals surface area contributed by atoms with E-state index in [9.17, 15) is 14.9 Å². The molecule has 10 heteroatoms. The van der Waals surface area contributed by atoms with Crippen LogP contribution in [0, 0.1) is 11.3 Å². The highest BCUT2D eigenvalue weighted by molar-refractivity contribution is 8.03. The van der Waals surface area contributed by atoms with Gasteiger partial charge < -0.3 is 24.8 Å². The van der Waals surface area contributed by atoms with E-state index >= 15 is 0 Å². The Bertz CT molecular complexity index is 1220. The number of hydrogen-bond acceptors (Lipinski definition) is 8. The summed E-state index contributed by atoms with van der Waals surface area (Å²) in [7, 11) is 3.07. The lowest BCUT2D eigenvalue weighted by Crippen LogP contribution is -2.29. The SMILES string of the molecule is COCCOC(=O)C1=C(C)NC(SCC(=O)Nc2cccc(OC)c2)=C(C#N)[C@H]1c1ccc(Cl)cc1. The van der Waals surface area contributed by atoms with Gasteiger partial charge in [-0.25, -0.2) is 4.79 Å². The van der Waals surface area contributed by atoms with E-state index in [0.29, 0.717) is 43.9 Å². The summed E-state index contributed by atoms with van der Waals surface area (Å²) in [6, 6.07) is 16.2. The molecular formula is C26H26ClN3O5S. The van der Waals surface area contributed by atoms with Gasteiger partial charge in [0.25, 0.3) is 0 Å². The van der Waals surface area contributed by atoms with Gasteiger partial charge in [-0.2, -0.15) is 5.26 Å². The molecule has 2 aromatic rings. The van der Waals surface area contributed by atoms with Gasteiger partial charge in [-0.05, 0) is 36.8 Å². The first-order valence-electron chi connectivity index (χ1n) is 11.0. The molecule has 1 aliphatic rings.